The van der Waals surface area contributed by atoms with Crippen LogP contribution < -0.4 is 11.1 Å². The van der Waals surface area contributed by atoms with Crippen molar-refractivity contribution in [2.45, 2.75) is 18.9 Å². The van der Waals surface area contributed by atoms with E-state index < -0.39 is 29.6 Å². The highest BCUT2D eigenvalue weighted by Crippen LogP contribution is 2.18. The first kappa shape index (κ1) is 15.9. The van der Waals surface area contributed by atoms with E-state index in [2.05, 4.69) is 5.32 Å². The number of halogens is 2. The molecule has 0 spiro atoms. The first-order valence-corrected chi connectivity index (χ1v) is 5.96. The summed E-state index contributed by atoms with van der Waals surface area (Å²) in [5.41, 5.74) is 4.53. The van der Waals surface area contributed by atoms with Gasteiger partial charge in [0.25, 0.3) is 5.91 Å². The van der Waals surface area contributed by atoms with Crippen LogP contribution in [0.5, 0.6) is 0 Å². The summed E-state index contributed by atoms with van der Waals surface area (Å²) in [4.78, 5) is 33.4. The largest absolute Gasteiger partial charge is 0.480 e. The van der Waals surface area contributed by atoms with Gasteiger partial charge in [-0.1, -0.05) is 17.7 Å². The van der Waals surface area contributed by atoms with Gasteiger partial charge in [0.15, 0.2) is 5.82 Å². The van der Waals surface area contributed by atoms with E-state index >= 15 is 0 Å². The number of rotatable bonds is 6. The lowest BCUT2D eigenvalue weighted by Crippen LogP contribution is -2.41. The number of carboxylic acid groups (broad SMARTS) is 1. The normalized spacial score (nSPS) is 11.7. The molecule has 0 saturated carbocycles. The van der Waals surface area contributed by atoms with E-state index in [-0.39, 0.29) is 23.4 Å². The molecule has 2 amide bonds. The van der Waals surface area contributed by atoms with Crippen LogP contribution in [0.4, 0.5) is 4.39 Å². The molecule has 1 atom stereocenters. The number of carbonyl (C=O) groups is 3. The Morgan fingerprint density at radius 2 is 2.05 bits per heavy atom. The fourth-order valence-electron chi connectivity index (χ4n) is 1.46. The number of nitrogens with two attached hydrogens (primary N) is 1. The molecule has 6 nitrogen and oxygen atoms in total. The van der Waals surface area contributed by atoms with Gasteiger partial charge in [-0.2, -0.15) is 0 Å². The third-order valence-corrected chi connectivity index (χ3v) is 2.77. The summed E-state index contributed by atoms with van der Waals surface area (Å²) in [6.07, 6.45) is -0.395. The van der Waals surface area contributed by atoms with Crippen molar-refractivity contribution >= 4 is 29.4 Å². The first-order valence-electron chi connectivity index (χ1n) is 5.59. The summed E-state index contributed by atoms with van der Waals surface area (Å²) in [6.45, 7) is 0. The summed E-state index contributed by atoms with van der Waals surface area (Å²) < 4.78 is 13.6. The fourth-order valence-corrected chi connectivity index (χ4v) is 1.63. The maximum Gasteiger partial charge on any atom is 0.326 e. The highest BCUT2D eigenvalue weighted by Gasteiger charge is 2.23. The Kier molecular flexibility index (Phi) is 5.45. The van der Waals surface area contributed by atoms with Gasteiger partial charge in [0.05, 0.1) is 10.6 Å². The SMILES string of the molecule is NC(=O)CC[C@@H](NC(=O)c1cccc(Cl)c1F)C(=O)O. The smallest absolute Gasteiger partial charge is 0.326 e. The fraction of sp³-hybridized carbons (Fsp3) is 0.250. The van der Waals surface area contributed by atoms with Gasteiger partial charge >= 0.3 is 5.97 Å². The van der Waals surface area contributed by atoms with E-state index in [9.17, 15) is 18.8 Å². The van der Waals surface area contributed by atoms with Gasteiger partial charge in [-0.3, -0.25) is 9.59 Å². The highest BCUT2D eigenvalue weighted by molar-refractivity contribution is 6.31. The second-order valence-corrected chi connectivity index (χ2v) is 4.38. The van der Waals surface area contributed by atoms with Crippen LogP contribution in [0.2, 0.25) is 5.02 Å². The molecule has 108 valence electrons. The minimum absolute atomic E-state index is 0.182. The Morgan fingerprint density at radius 1 is 1.40 bits per heavy atom. The molecule has 4 N–H and O–H groups in total. The number of carbonyl (C=O) groups excluding carboxylic acids is 2. The Labute approximate surface area is 118 Å². The molecule has 1 rings (SSSR count). The van der Waals surface area contributed by atoms with E-state index in [1.54, 1.807) is 0 Å². The zero-order valence-corrected chi connectivity index (χ0v) is 11.0. The molecular weight excluding hydrogens is 291 g/mol. The second kappa shape index (κ2) is 6.85. The summed E-state index contributed by atoms with van der Waals surface area (Å²) in [6, 6.07) is 2.45. The third kappa shape index (κ3) is 4.20. The van der Waals surface area contributed by atoms with Crippen molar-refractivity contribution in [3.05, 3.63) is 34.6 Å². The van der Waals surface area contributed by atoms with E-state index in [0.29, 0.717) is 0 Å². The van der Waals surface area contributed by atoms with Crippen LogP contribution in [0, 0.1) is 5.82 Å². The Morgan fingerprint density at radius 3 is 2.60 bits per heavy atom. The lowest BCUT2D eigenvalue weighted by Gasteiger charge is -2.14. The Bertz CT molecular complexity index is 550. The molecule has 0 saturated heterocycles. The molecule has 8 heteroatoms. The van der Waals surface area contributed by atoms with Gasteiger partial charge in [-0.15, -0.1) is 0 Å². The lowest BCUT2D eigenvalue weighted by molar-refractivity contribution is -0.139. The van der Waals surface area contributed by atoms with Crippen molar-refractivity contribution in [3.8, 4) is 0 Å². The van der Waals surface area contributed by atoms with Crippen LogP contribution in [0.15, 0.2) is 18.2 Å². The number of hydrogen-bond acceptors (Lipinski definition) is 3. The predicted molar refractivity (Wildman–Crippen MR) is 68.7 cm³/mol. The number of amides is 2. The molecule has 20 heavy (non-hydrogen) atoms. The lowest BCUT2D eigenvalue weighted by atomic mass is 10.1. The summed E-state index contributed by atoms with van der Waals surface area (Å²) in [5, 5.41) is 10.8. The zero-order chi connectivity index (χ0) is 15.3. The van der Waals surface area contributed by atoms with Crippen molar-refractivity contribution in [2.75, 3.05) is 0 Å². The van der Waals surface area contributed by atoms with Crippen molar-refractivity contribution in [3.63, 3.8) is 0 Å². The molecular formula is C12H12ClFN2O4. The van der Waals surface area contributed by atoms with Crippen molar-refractivity contribution in [2.24, 2.45) is 5.73 Å². The Balaban J connectivity index is 2.83. The van der Waals surface area contributed by atoms with E-state index in [0.717, 1.165) is 0 Å². The van der Waals surface area contributed by atoms with Crippen LogP contribution in [0.25, 0.3) is 0 Å². The number of carboxylic acids is 1. The predicted octanol–water partition coefficient (Wildman–Crippen LogP) is 0.928. The first-order chi connectivity index (χ1) is 9.32. The molecule has 0 aromatic heterocycles. The minimum Gasteiger partial charge on any atom is -0.480 e. The van der Waals surface area contributed by atoms with Crippen LogP contribution in [0.3, 0.4) is 0 Å². The number of hydrogen-bond donors (Lipinski definition) is 3. The van der Waals surface area contributed by atoms with Crippen molar-refractivity contribution in [1.82, 2.24) is 5.32 Å². The van der Waals surface area contributed by atoms with E-state index in [4.69, 9.17) is 22.4 Å². The van der Waals surface area contributed by atoms with Crippen LogP contribution in [0.1, 0.15) is 23.2 Å². The molecule has 0 aliphatic rings. The third-order valence-electron chi connectivity index (χ3n) is 2.48. The maximum absolute atomic E-state index is 13.6. The summed E-state index contributed by atoms with van der Waals surface area (Å²) >= 11 is 5.53. The number of aliphatic carboxylic acids is 1. The van der Waals surface area contributed by atoms with E-state index in [1.807, 2.05) is 0 Å². The maximum atomic E-state index is 13.6. The van der Waals surface area contributed by atoms with Gasteiger partial charge < -0.3 is 16.2 Å². The quantitative estimate of drug-likeness (QED) is 0.726. The van der Waals surface area contributed by atoms with Gasteiger partial charge in [0.2, 0.25) is 5.91 Å². The molecule has 0 unspecified atom stereocenters. The van der Waals surface area contributed by atoms with Crippen LogP contribution in [-0.4, -0.2) is 28.9 Å². The van der Waals surface area contributed by atoms with Gasteiger partial charge in [0, 0.05) is 6.42 Å². The summed E-state index contributed by atoms with van der Waals surface area (Å²) in [5.74, 6) is -3.91. The number of benzene rings is 1. The van der Waals surface area contributed by atoms with Gasteiger partial charge in [-0.25, -0.2) is 9.18 Å². The molecule has 1 aromatic rings. The van der Waals surface area contributed by atoms with Gasteiger partial charge in [-0.05, 0) is 18.6 Å². The van der Waals surface area contributed by atoms with E-state index in [1.165, 1.54) is 18.2 Å². The molecule has 0 aliphatic carbocycles. The standard InChI is InChI=1S/C12H12ClFN2O4/c13-7-3-1-2-6(10(7)14)11(18)16-8(12(19)20)4-5-9(15)17/h1-3,8H,4-5H2,(H2,15,17)(H,16,18)(H,19,20)/t8-/m1/s1. The summed E-state index contributed by atoms with van der Waals surface area (Å²) in [7, 11) is 0. The highest BCUT2D eigenvalue weighted by atomic mass is 35.5. The number of nitrogens with one attached hydrogen (secondary N) is 1. The number of primary amides is 1. The van der Waals surface area contributed by atoms with Crippen LogP contribution in [-0.2, 0) is 9.59 Å². The Hall–Kier alpha value is -2.15. The topological polar surface area (TPSA) is 109 Å². The molecule has 0 fully saturated rings. The van der Waals surface area contributed by atoms with Crippen molar-refractivity contribution < 1.29 is 23.9 Å². The average Bonchev–Trinajstić information content (AvgIpc) is 2.36. The average molecular weight is 303 g/mol. The second-order valence-electron chi connectivity index (χ2n) is 3.97. The minimum atomic E-state index is -1.35. The molecule has 0 aliphatic heterocycles. The zero-order valence-electron chi connectivity index (χ0n) is 10.2. The molecule has 0 bridgehead atoms. The van der Waals surface area contributed by atoms with Gasteiger partial charge in [0.1, 0.15) is 6.04 Å². The van der Waals surface area contributed by atoms with Crippen LogP contribution >= 0.6 is 11.6 Å². The molecule has 0 heterocycles. The molecule has 1 aromatic carbocycles. The monoisotopic (exact) mass is 302 g/mol. The molecule has 0 radical (unpaired) electrons. The van der Waals surface area contributed by atoms with Crippen molar-refractivity contribution in [1.29, 1.82) is 0 Å².